The molecule has 0 heterocycles. The first-order chi connectivity index (χ1) is 17.7. The Kier molecular flexibility index (Phi) is 12.1. The van der Waals surface area contributed by atoms with Crippen molar-refractivity contribution in [1.82, 2.24) is 11.0 Å². The molecule has 37 heavy (non-hydrogen) atoms. The summed E-state index contributed by atoms with van der Waals surface area (Å²) in [5.74, 6) is 0. The summed E-state index contributed by atoms with van der Waals surface area (Å²) in [5, 5.41) is 28.1. The molecule has 0 unspecified atom stereocenters. The molecule has 0 aliphatic carbocycles. The topological polar surface area (TPSA) is 129 Å². The van der Waals surface area contributed by atoms with Crippen LogP contribution in [0.5, 0.6) is 0 Å². The Morgan fingerprint density at radius 2 is 0.703 bits per heavy atom. The maximum atomic E-state index is 11.1. The number of nitrogens with zero attached hydrogens (tertiary/aromatic N) is 2. The molecule has 0 amide bonds. The van der Waals surface area contributed by atoms with E-state index in [1.165, 1.54) is 0 Å². The summed E-state index contributed by atoms with van der Waals surface area (Å²) in [7, 11) is 0. The molecule has 0 aromatic heterocycles. The minimum atomic E-state index is 0. The van der Waals surface area contributed by atoms with Crippen LogP contribution >= 0.6 is 0 Å². The van der Waals surface area contributed by atoms with Gasteiger partial charge in [0.25, 0.3) is 0 Å². The fourth-order valence-corrected chi connectivity index (χ4v) is 3.38. The number of hydrogen-bond donors (Lipinski definition) is 2. The third-order valence-electron chi connectivity index (χ3n) is 5.08. The Morgan fingerprint density at radius 1 is 0.459 bits per heavy atom. The molecule has 9 heteroatoms. The molecule has 0 atom stereocenters. The van der Waals surface area contributed by atoms with Gasteiger partial charge in [-0.05, 0) is 21.5 Å². The number of benzene rings is 4. The van der Waals surface area contributed by atoms with Crippen molar-refractivity contribution in [3.63, 3.8) is 0 Å². The Labute approximate surface area is 224 Å². The zero-order chi connectivity index (χ0) is 25.6. The van der Waals surface area contributed by atoms with Gasteiger partial charge in [-0.25, -0.2) is 0 Å². The fourth-order valence-electron chi connectivity index (χ4n) is 3.38. The summed E-state index contributed by atoms with van der Waals surface area (Å²) in [6.45, 7) is 0. The third kappa shape index (κ3) is 7.78. The van der Waals surface area contributed by atoms with Crippen LogP contribution in [0, 0.1) is 20.2 Å². The summed E-state index contributed by atoms with van der Waals surface area (Å²) in [4.78, 5) is 22.0. The second-order valence-corrected chi connectivity index (χ2v) is 7.30. The number of rotatable bonds is 8. The zero-order valence-corrected chi connectivity index (χ0v) is 20.4. The van der Waals surface area contributed by atoms with Crippen molar-refractivity contribution in [2.45, 2.75) is 0 Å². The van der Waals surface area contributed by atoms with Crippen LogP contribution in [0.2, 0.25) is 0 Å². The Balaban J connectivity index is 0.000000253. The van der Waals surface area contributed by atoms with Crippen molar-refractivity contribution < 1.29 is 16.5 Å². The second kappa shape index (κ2) is 15.5. The van der Waals surface area contributed by atoms with Crippen LogP contribution in [0.15, 0.2) is 132 Å². The van der Waals surface area contributed by atoms with E-state index in [1.807, 2.05) is 24.3 Å². The minimum absolute atomic E-state index is 0. The van der Waals surface area contributed by atoms with Crippen molar-refractivity contribution >= 4 is 22.8 Å². The van der Waals surface area contributed by atoms with E-state index in [1.54, 1.807) is 108 Å². The van der Waals surface area contributed by atoms with Gasteiger partial charge in [0.05, 0.1) is 11.4 Å². The average molecular weight is 537 g/mol. The van der Waals surface area contributed by atoms with Crippen LogP contribution in [0.3, 0.4) is 0 Å². The van der Waals surface area contributed by atoms with Gasteiger partial charge in [0.15, 0.2) is 0 Å². The molecule has 0 aliphatic heterocycles. The second-order valence-electron chi connectivity index (χ2n) is 7.30. The van der Waals surface area contributed by atoms with Crippen LogP contribution in [0.25, 0.3) is 22.8 Å². The number of hydrogen-bond acceptors (Lipinski definition) is 8. The molecular formula is C28H22N4NiO4. The normalized spacial score (nSPS) is 11.3. The van der Waals surface area contributed by atoms with Crippen LogP contribution < -0.4 is 11.0 Å². The average Bonchev–Trinajstić information content (AvgIpc) is 2.96. The molecule has 2 N–H and O–H groups in total. The van der Waals surface area contributed by atoms with Crippen molar-refractivity contribution in [2.75, 3.05) is 0 Å². The maximum Gasteiger partial charge on any atom is 2.00 e. The van der Waals surface area contributed by atoms with Crippen LogP contribution in [0.4, 0.5) is 0 Å². The molecule has 8 nitrogen and oxygen atoms in total. The van der Waals surface area contributed by atoms with Gasteiger partial charge in [-0.15, -0.1) is 9.81 Å². The molecular weight excluding hydrogens is 515 g/mol. The maximum absolute atomic E-state index is 11.1. The predicted octanol–water partition coefficient (Wildman–Crippen LogP) is 6.73. The third-order valence-corrected chi connectivity index (χ3v) is 5.08. The standard InChI is InChI=1S/2C14H11N2O2.Ni/c2*17-15-13(11-7-3-1-4-8-11)14(16-18)12-9-5-2-6-10-12;/h2*1-10,15H;/q2*-1;+2. The van der Waals surface area contributed by atoms with Gasteiger partial charge in [-0.2, -0.15) is 0 Å². The van der Waals surface area contributed by atoms with E-state index in [4.69, 9.17) is 0 Å². The van der Waals surface area contributed by atoms with Gasteiger partial charge in [0.1, 0.15) is 11.4 Å². The molecule has 4 rings (SSSR count). The number of nitrogens with one attached hydrogen (secondary N) is 2. The molecule has 188 valence electrons. The van der Waals surface area contributed by atoms with Crippen molar-refractivity contribution in [1.29, 1.82) is 0 Å². The van der Waals surface area contributed by atoms with Gasteiger partial charge in [-0.3, -0.25) is 0 Å². The van der Waals surface area contributed by atoms with Crippen molar-refractivity contribution in [3.8, 4) is 0 Å². The SMILES string of the molecule is O=NC(=C(N[O-])c1ccccc1)c1ccccc1.O=NC(=C(N[O-])c1ccccc1)c1ccccc1.[Ni+2]. The first-order valence-electron chi connectivity index (χ1n) is 10.9. The van der Waals surface area contributed by atoms with E-state index in [9.17, 15) is 20.2 Å². The van der Waals surface area contributed by atoms with E-state index < -0.39 is 0 Å². The van der Waals surface area contributed by atoms with Crippen molar-refractivity contribution in [2.24, 2.45) is 10.4 Å². The molecule has 0 spiro atoms. The first kappa shape index (κ1) is 28.8. The fraction of sp³-hybridized carbons (Fsp3) is 0. The van der Waals surface area contributed by atoms with Gasteiger partial charge >= 0.3 is 16.5 Å². The monoisotopic (exact) mass is 536 g/mol. The van der Waals surface area contributed by atoms with E-state index >= 15 is 0 Å². The molecule has 0 saturated carbocycles. The quantitative estimate of drug-likeness (QED) is 0.111. The van der Waals surface area contributed by atoms with Crippen LogP contribution in [0.1, 0.15) is 22.3 Å². The van der Waals surface area contributed by atoms with E-state index in [-0.39, 0.29) is 39.3 Å². The molecule has 4 aromatic carbocycles. The number of nitroso groups, excluding NO2 is 2. The smallest absolute Gasteiger partial charge is 0.761 e. The van der Waals surface area contributed by atoms with Crippen LogP contribution in [-0.4, -0.2) is 0 Å². The summed E-state index contributed by atoms with van der Waals surface area (Å²) < 4.78 is 0. The Hall–Kier alpha value is -4.43. The largest absolute Gasteiger partial charge is 2.00 e. The molecule has 0 bridgehead atoms. The van der Waals surface area contributed by atoms with Gasteiger partial charge in [0.2, 0.25) is 0 Å². The zero-order valence-electron chi connectivity index (χ0n) is 19.4. The van der Waals surface area contributed by atoms with Gasteiger partial charge in [-0.1, -0.05) is 121 Å². The van der Waals surface area contributed by atoms with E-state index in [0.717, 1.165) is 0 Å². The molecule has 0 saturated heterocycles. The molecule has 0 aliphatic rings. The predicted molar refractivity (Wildman–Crippen MR) is 144 cm³/mol. The van der Waals surface area contributed by atoms with E-state index in [2.05, 4.69) is 10.4 Å². The summed E-state index contributed by atoms with van der Waals surface area (Å²) >= 11 is 0. The van der Waals surface area contributed by atoms with Gasteiger partial charge in [0, 0.05) is 11.1 Å². The summed E-state index contributed by atoms with van der Waals surface area (Å²) in [5.41, 5.74) is 6.65. The Morgan fingerprint density at radius 3 is 0.919 bits per heavy atom. The Bertz CT molecular complexity index is 1210. The van der Waals surface area contributed by atoms with Crippen molar-refractivity contribution in [3.05, 3.63) is 164 Å². The molecule has 4 aromatic rings. The number of hydroxylamine groups is 2. The summed E-state index contributed by atoms with van der Waals surface area (Å²) in [6, 6.07) is 35.6. The van der Waals surface area contributed by atoms with Crippen LogP contribution in [-0.2, 0) is 16.5 Å². The molecule has 0 radical (unpaired) electrons. The molecule has 0 fully saturated rings. The summed E-state index contributed by atoms with van der Waals surface area (Å²) in [6.07, 6.45) is 0. The van der Waals surface area contributed by atoms with Gasteiger partial charge < -0.3 is 21.4 Å². The minimum Gasteiger partial charge on any atom is -0.761 e. The van der Waals surface area contributed by atoms with E-state index in [0.29, 0.717) is 22.3 Å². The first-order valence-corrected chi connectivity index (χ1v) is 10.9.